The first-order valence-electron chi connectivity index (χ1n) is 8.19. The Morgan fingerprint density at radius 3 is 2.36 bits per heavy atom. The Balaban J connectivity index is 0.00000576. The van der Waals surface area contributed by atoms with Gasteiger partial charge in [-0.3, -0.25) is 9.79 Å². The summed E-state index contributed by atoms with van der Waals surface area (Å²) in [6, 6.07) is 8.03. The fourth-order valence-corrected chi connectivity index (χ4v) is 2.31. The van der Waals surface area contributed by atoms with Crippen molar-refractivity contribution in [1.82, 2.24) is 15.5 Å². The van der Waals surface area contributed by atoms with Gasteiger partial charge in [-0.15, -0.1) is 24.0 Å². The lowest BCUT2D eigenvalue weighted by Gasteiger charge is -2.27. The lowest BCUT2D eigenvalue weighted by atomic mass is 9.92. The number of ether oxygens (including phenoxy) is 1. The second-order valence-electron chi connectivity index (χ2n) is 6.30. The molecule has 0 atom stereocenters. The summed E-state index contributed by atoms with van der Waals surface area (Å²) in [6.07, 6.45) is 0. The van der Waals surface area contributed by atoms with E-state index < -0.39 is 5.41 Å². The van der Waals surface area contributed by atoms with Crippen molar-refractivity contribution in [3.63, 3.8) is 0 Å². The Hall–Kier alpha value is -1.51. The number of carbonyl (C=O) groups is 1. The van der Waals surface area contributed by atoms with Crippen LogP contribution in [-0.4, -0.2) is 51.1 Å². The van der Waals surface area contributed by atoms with Crippen molar-refractivity contribution in [2.24, 2.45) is 10.4 Å². The van der Waals surface area contributed by atoms with Crippen molar-refractivity contribution in [3.05, 3.63) is 29.8 Å². The molecule has 0 spiro atoms. The van der Waals surface area contributed by atoms with E-state index in [4.69, 9.17) is 4.74 Å². The van der Waals surface area contributed by atoms with E-state index in [0.717, 1.165) is 17.3 Å². The van der Waals surface area contributed by atoms with Gasteiger partial charge >= 0.3 is 0 Å². The number of benzene rings is 1. The Bertz CT molecular complexity index is 559. The van der Waals surface area contributed by atoms with Gasteiger partial charge in [0, 0.05) is 34.2 Å². The smallest absolute Gasteiger partial charge is 0.227 e. The van der Waals surface area contributed by atoms with E-state index in [-0.39, 0.29) is 29.9 Å². The lowest BCUT2D eigenvalue weighted by Crippen LogP contribution is -2.47. The standard InChI is InChI=1S/C18H30N4O2.HI/c1-7-24-15-10-8-14(9-11-15)12-22(6)17(20-5)21-13-18(2,3)16(23)19-4;/h8-11H,7,12-13H2,1-6H3,(H,19,23)(H,20,21);1H. The van der Waals surface area contributed by atoms with Gasteiger partial charge in [-0.05, 0) is 38.5 Å². The molecule has 142 valence electrons. The number of amides is 1. The number of nitrogens with one attached hydrogen (secondary N) is 2. The maximum atomic E-state index is 11.9. The molecule has 0 fully saturated rings. The van der Waals surface area contributed by atoms with Gasteiger partial charge in [-0.25, -0.2) is 0 Å². The Morgan fingerprint density at radius 2 is 1.88 bits per heavy atom. The monoisotopic (exact) mass is 462 g/mol. The first kappa shape index (κ1) is 23.5. The van der Waals surface area contributed by atoms with Gasteiger partial charge in [0.1, 0.15) is 5.75 Å². The highest BCUT2D eigenvalue weighted by atomic mass is 127. The zero-order valence-electron chi connectivity index (χ0n) is 16.0. The molecule has 2 N–H and O–H groups in total. The Kier molecular flexibility index (Phi) is 10.5. The van der Waals surface area contributed by atoms with E-state index in [1.54, 1.807) is 14.1 Å². The highest BCUT2D eigenvalue weighted by Crippen LogP contribution is 2.15. The SMILES string of the molecule is CCOc1ccc(CN(C)C(=NC)NCC(C)(C)C(=O)NC)cc1.I. The maximum Gasteiger partial charge on any atom is 0.227 e. The number of nitrogens with zero attached hydrogens (tertiary/aromatic N) is 2. The second-order valence-corrected chi connectivity index (χ2v) is 6.30. The summed E-state index contributed by atoms with van der Waals surface area (Å²) >= 11 is 0. The van der Waals surface area contributed by atoms with Gasteiger partial charge < -0.3 is 20.3 Å². The molecule has 6 nitrogen and oxygen atoms in total. The minimum Gasteiger partial charge on any atom is -0.494 e. The third-order valence-corrected chi connectivity index (χ3v) is 3.76. The third kappa shape index (κ3) is 7.50. The Morgan fingerprint density at radius 1 is 1.28 bits per heavy atom. The molecule has 0 bridgehead atoms. The summed E-state index contributed by atoms with van der Waals surface area (Å²) in [7, 11) is 5.36. The molecule has 0 aromatic heterocycles. The summed E-state index contributed by atoms with van der Waals surface area (Å²) in [5, 5.41) is 5.95. The molecule has 1 rings (SSSR count). The van der Waals surface area contributed by atoms with Crippen molar-refractivity contribution in [2.75, 3.05) is 34.3 Å². The zero-order valence-corrected chi connectivity index (χ0v) is 18.4. The van der Waals surface area contributed by atoms with Crippen LogP contribution >= 0.6 is 24.0 Å². The number of hydrogen-bond acceptors (Lipinski definition) is 3. The van der Waals surface area contributed by atoms with Gasteiger partial charge in [0.25, 0.3) is 0 Å². The number of carbonyl (C=O) groups excluding carboxylic acids is 1. The first-order chi connectivity index (χ1) is 11.3. The molecule has 0 unspecified atom stereocenters. The number of guanidine groups is 1. The predicted molar refractivity (Wildman–Crippen MR) is 114 cm³/mol. The highest BCUT2D eigenvalue weighted by Gasteiger charge is 2.27. The minimum absolute atomic E-state index is 0. The molecule has 0 aliphatic carbocycles. The molecule has 7 heteroatoms. The van der Waals surface area contributed by atoms with Crippen molar-refractivity contribution in [1.29, 1.82) is 0 Å². The van der Waals surface area contributed by atoms with E-state index in [0.29, 0.717) is 19.7 Å². The average Bonchev–Trinajstić information content (AvgIpc) is 2.56. The quantitative estimate of drug-likeness (QED) is 0.371. The largest absolute Gasteiger partial charge is 0.494 e. The van der Waals surface area contributed by atoms with Crippen LogP contribution in [0.15, 0.2) is 29.3 Å². The molecule has 25 heavy (non-hydrogen) atoms. The van der Waals surface area contributed by atoms with Crippen molar-refractivity contribution in [2.45, 2.75) is 27.3 Å². The van der Waals surface area contributed by atoms with E-state index >= 15 is 0 Å². The summed E-state index contributed by atoms with van der Waals surface area (Å²) in [5.74, 6) is 1.62. The van der Waals surface area contributed by atoms with Crippen LogP contribution in [0.3, 0.4) is 0 Å². The van der Waals surface area contributed by atoms with E-state index in [2.05, 4.69) is 15.6 Å². The van der Waals surface area contributed by atoms with Gasteiger partial charge in [0.05, 0.1) is 12.0 Å². The number of hydrogen-bond donors (Lipinski definition) is 2. The molecular weight excluding hydrogens is 431 g/mol. The van der Waals surface area contributed by atoms with Crippen LogP contribution in [0.1, 0.15) is 26.3 Å². The molecular formula is C18H31IN4O2. The summed E-state index contributed by atoms with van der Waals surface area (Å²) in [6.45, 7) is 7.66. The molecule has 1 amide bonds. The van der Waals surface area contributed by atoms with E-state index in [9.17, 15) is 4.79 Å². The molecule has 1 aromatic carbocycles. The summed E-state index contributed by atoms with van der Waals surface area (Å²) in [4.78, 5) is 18.2. The number of rotatable bonds is 7. The lowest BCUT2D eigenvalue weighted by molar-refractivity contribution is -0.128. The summed E-state index contributed by atoms with van der Waals surface area (Å²) < 4.78 is 5.46. The van der Waals surface area contributed by atoms with Gasteiger partial charge in [-0.2, -0.15) is 0 Å². The molecule has 1 aromatic rings. The van der Waals surface area contributed by atoms with Crippen LogP contribution in [0.25, 0.3) is 0 Å². The van der Waals surface area contributed by atoms with Gasteiger partial charge in [0.15, 0.2) is 5.96 Å². The molecule has 0 aliphatic rings. The molecule has 0 heterocycles. The summed E-state index contributed by atoms with van der Waals surface area (Å²) in [5.41, 5.74) is 0.652. The maximum absolute atomic E-state index is 11.9. The fraction of sp³-hybridized carbons (Fsp3) is 0.556. The van der Waals surface area contributed by atoms with Crippen molar-refractivity contribution >= 4 is 35.8 Å². The highest BCUT2D eigenvalue weighted by molar-refractivity contribution is 14.0. The van der Waals surface area contributed by atoms with E-state index in [1.807, 2.05) is 57.0 Å². The first-order valence-corrected chi connectivity index (χ1v) is 8.19. The van der Waals surface area contributed by atoms with Crippen LogP contribution in [0.2, 0.25) is 0 Å². The average molecular weight is 462 g/mol. The molecule has 0 saturated carbocycles. The third-order valence-electron chi connectivity index (χ3n) is 3.76. The van der Waals surface area contributed by atoms with Crippen LogP contribution in [0, 0.1) is 5.41 Å². The van der Waals surface area contributed by atoms with Crippen LogP contribution in [-0.2, 0) is 11.3 Å². The minimum atomic E-state index is -0.509. The van der Waals surface area contributed by atoms with Crippen molar-refractivity contribution < 1.29 is 9.53 Å². The zero-order chi connectivity index (χ0) is 18.2. The van der Waals surface area contributed by atoms with Gasteiger partial charge in [-0.1, -0.05) is 12.1 Å². The molecule has 0 radical (unpaired) electrons. The number of aliphatic imine (C=N–C) groups is 1. The second kappa shape index (κ2) is 11.2. The topological polar surface area (TPSA) is 66.0 Å². The molecule has 0 saturated heterocycles. The van der Waals surface area contributed by atoms with Crippen LogP contribution < -0.4 is 15.4 Å². The predicted octanol–water partition coefficient (Wildman–Crippen LogP) is 2.48. The number of halogens is 1. The normalized spacial score (nSPS) is 11.4. The van der Waals surface area contributed by atoms with Crippen LogP contribution in [0.4, 0.5) is 0 Å². The fourth-order valence-electron chi connectivity index (χ4n) is 2.31. The molecule has 0 aliphatic heterocycles. The van der Waals surface area contributed by atoms with Gasteiger partial charge in [0.2, 0.25) is 5.91 Å². The van der Waals surface area contributed by atoms with Crippen LogP contribution in [0.5, 0.6) is 5.75 Å². The van der Waals surface area contributed by atoms with E-state index in [1.165, 1.54) is 0 Å². The van der Waals surface area contributed by atoms with Crippen molar-refractivity contribution in [3.8, 4) is 5.75 Å². The Labute approximate surface area is 168 Å².